The zero-order valence-electron chi connectivity index (χ0n) is 10.7. The molecule has 2 heteroatoms. The summed E-state index contributed by atoms with van der Waals surface area (Å²) in [7, 11) is 0. The van der Waals surface area contributed by atoms with Crippen molar-refractivity contribution in [2.45, 2.75) is 32.2 Å². The van der Waals surface area contributed by atoms with Crippen molar-refractivity contribution in [3.8, 4) is 0 Å². The Balaban J connectivity index is 2.05. The molecule has 1 unspecified atom stereocenters. The highest BCUT2D eigenvalue weighted by molar-refractivity contribution is 5.88. The van der Waals surface area contributed by atoms with E-state index in [1.165, 1.54) is 11.1 Å². The molecule has 0 radical (unpaired) electrons. The number of benzene rings is 1. The number of allylic oxidation sites excluding steroid dienone is 3. The fraction of sp³-hybridized carbons (Fsp3) is 0.312. The first kappa shape index (κ1) is 12.6. The van der Waals surface area contributed by atoms with Gasteiger partial charge in [-0.05, 0) is 37.3 Å². The molecule has 0 bridgehead atoms. The number of aryl methyl sites for hydroxylation is 1. The van der Waals surface area contributed by atoms with Gasteiger partial charge in [-0.2, -0.15) is 0 Å². The van der Waals surface area contributed by atoms with Crippen molar-refractivity contribution < 1.29 is 4.79 Å². The smallest absolute Gasteiger partial charge is 0.244 e. The van der Waals surface area contributed by atoms with Gasteiger partial charge < -0.3 is 5.32 Å². The predicted octanol–water partition coefficient (Wildman–Crippen LogP) is 3.31. The Kier molecular flexibility index (Phi) is 4.35. The van der Waals surface area contributed by atoms with Crippen molar-refractivity contribution in [2.75, 3.05) is 0 Å². The van der Waals surface area contributed by atoms with E-state index in [9.17, 15) is 4.79 Å². The van der Waals surface area contributed by atoms with Crippen molar-refractivity contribution in [3.05, 3.63) is 59.7 Å². The Morgan fingerprint density at radius 1 is 1.33 bits per heavy atom. The van der Waals surface area contributed by atoms with Gasteiger partial charge in [0.1, 0.15) is 0 Å². The minimum atomic E-state index is -0.0187. The highest BCUT2D eigenvalue weighted by Gasteiger charge is 2.20. The van der Waals surface area contributed by atoms with Gasteiger partial charge >= 0.3 is 0 Å². The first-order valence-electron chi connectivity index (χ1n) is 6.49. The second-order valence-electron chi connectivity index (χ2n) is 4.54. The number of rotatable bonds is 3. The summed E-state index contributed by atoms with van der Waals surface area (Å²) in [5, 5.41) is 3.07. The van der Waals surface area contributed by atoms with Crippen molar-refractivity contribution >= 4 is 5.91 Å². The molecule has 94 valence electrons. The predicted molar refractivity (Wildman–Crippen MR) is 74.2 cm³/mol. The van der Waals surface area contributed by atoms with E-state index in [1.54, 1.807) is 12.2 Å². The third-order valence-electron chi connectivity index (χ3n) is 3.24. The third-order valence-corrected chi connectivity index (χ3v) is 3.24. The van der Waals surface area contributed by atoms with Crippen molar-refractivity contribution in [1.82, 2.24) is 5.32 Å². The summed E-state index contributed by atoms with van der Waals surface area (Å²) >= 11 is 0. The zero-order valence-corrected chi connectivity index (χ0v) is 10.7. The van der Waals surface area contributed by atoms with Gasteiger partial charge in [0.2, 0.25) is 5.91 Å². The Hall–Kier alpha value is -1.83. The van der Waals surface area contributed by atoms with Crippen molar-refractivity contribution in [3.63, 3.8) is 0 Å². The monoisotopic (exact) mass is 241 g/mol. The van der Waals surface area contributed by atoms with E-state index in [0.717, 1.165) is 19.3 Å². The molecule has 0 saturated heterocycles. The van der Waals surface area contributed by atoms with Crippen LogP contribution in [0.4, 0.5) is 0 Å². The third kappa shape index (κ3) is 3.10. The molecule has 0 saturated carbocycles. The summed E-state index contributed by atoms with van der Waals surface area (Å²) in [5.74, 6) is -0.0187. The number of nitrogens with one attached hydrogen (secondary N) is 1. The van der Waals surface area contributed by atoms with Crippen LogP contribution in [0.3, 0.4) is 0 Å². The Morgan fingerprint density at radius 3 is 3.00 bits per heavy atom. The number of hydrogen-bond donors (Lipinski definition) is 1. The van der Waals surface area contributed by atoms with Gasteiger partial charge in [0.05, 0.1) is 6.04 Å². The average Bonchev–Trinajstić information content (AvgIpc) is 2.39. The van der Waals surface area contributed by atoms with Gasteiger partial charge in [-0.15, -0.1) is 0 Å². The molecule has 1 aliphatic carbocycles. The van der Waals surface area contributed by atoms with Crippen molar-refractivity contribution in [2.24, 2.45) is 0 Å². The standard InChI is InChI=1S/C16H19NO/c1-2-3-4-12-16(18)17-15-11-7-9-13-8-5-6-10-14(13)15/h2-6,8,10,12,15H,7,9,11H2,1H3,(H,17,18)/b3-2+,12-4+. The van der Waals surface area contributed by atoms with E-state index >= 15 is 0 Å². The van der Waals surface area contributed by atoms with E-state index < -0.39 is 0 Å². The quantitative estimate of drug-likeness (QED) is 0.638. The summed E-state index contributed by atoms with van der Waals surface area (Å²) in [6.07, 6.45) is 10.4. The number of carbonyl (C=O) groups is 1. The minimum Gasteiger partial charge on any atom is -0.346 e. The van der Waals surface area contributed by atoms with Crippen LogP contribution in [0.15, 0.2) is 48.6 Å². The van der Waals surface area contributed by atoms with Gasteiger partial charge in [-0.3, -0.25) is 4.79 Å². The van der Waals surface area contributed by atoms with Gasteiger partial charge in [0.15, 0.2) is 0 Å². The molecule has 1 amide bonds. The first-order chi connectivity index (χ1) is 8.81. The van der Waals surface area contributed by atoms with Gasteiger partial charge in [-0.1, -0.05) is 42.5 Å². The van der Waals surface area contributed by atoms with Gasteiger partial charge in [0.25, 0.3) is 0 Å². The minimum absolute atomic E-state index is 0.0187. The van der Waals surface area contributed by atoms with Gasteiger partial charge in [-0.25, -0.2) is 0 Å². The second kappa shape index (κ2) is 6.20. The van der Waals surface area contributed by atoms with E-state index in [1.807, 2.05) is 25.1 Å². The molecular weight excluding hydrogens is 222 g/mol. The molecule has 0 fully saturated rings. The number of amides is 1. The lowest BCUT2D eigenvalue weighted by molar-refractivity contribution is -0.117. The lowest BCUT2D eigenvalue weighted by Gasteiger charge is -2.25. The van der Waals surface area contributed by atoms with Crippen LogP contribution in [0.25, 0.3) is 0 Å². The maximum Gasteiger partial charge on any atom is 0.244 e. The Morgan fingerprint density at radius 2 is 2.17 bits per heavy atom. The highest BCUT2D eigenvalue weighted by Crippen LogP contribution is 2.29. The molecule has 1 aromatic rings. The van der Waals surface area contributed by atoms with Crippen LogP contribution in [-0.4, -0.2) is 5.91 Å². The molecule has 1 atom stereocenters. The molecule has 2 nitrogen and oxygen atoms in total. The summed E-state index contributed by atoms with van der Waals surface area (Å²) in [4.78, 5) is 11.8. The van der Waals surface area contributed by atoms with E-state index in [2.05, 4.69) is 23.5 Å². The summed E-state index contributed by atoms with van der Waals surface area (Å²) < 4.78 is 0. The van der Waals surface area contributed by atoms with Crippen LogP contribution in [0.2, 0.25) is 0 Å². The molecule has 0 heterocycles. The van der Waals surface area contributed by atoms with E-state index in [0.29, 0.717) is 0 Å². The number of carbonyl (C=O) groups excluding carboxylic acids is 1. The number of fused-ring (bicyclic) bond motifs is 1. The number of hydrogen-bond acceptors (Lipinski definition) is 1. The molecule has 1 aliphatic rings. The Bertz CT molecular complexity index is 474. The Labute approximate surface area is 108 Å². The maximum atomic E-state index is 11.8. The summed E-state index contributed by atoms with van der Waals surface area (Å²) in [6.45, 7) is 1.93. The highest BCUT2D eigenvalue weighted by atomic mass is 16.1. The molecule has 0 aliphatic heterocycles. The molecule has 2 rings (SSSR count). The van der Waals surface area contributed by atoms with Crippen LogP contribution in [0, 0.1) is 0 Å². The lowest BCUT2D eigenvalue weighted by atomic mass is 9.88. The van der Waals surface area contributed by atoms with Crippen LogP contribution in [-0.2, 0) is 11.2 Å². The fourth-order valence-electron chi connectivity index (χ4n) is 2.38. The molecule has 1 aromatic carbocycles. The summed E-state index contributed by atoms with van der Waals surface area (Å²) in [6, 6.07) is 8.55. The largest absolute Gasteiger partial charge is 0.346 e. The summed E-state index contributed by atoms with van der Waals surface area (Å²) in [5.41, 5.74) is 2.64. The normalized spacial score (nSPS) is 19.1. The molecular formula is C16H19NO. The first-order valence-corrected chi connectivity index (χ1v) is 6.49. The lowest BCUT2D eigenvalue weighted by Crippen LogP contribution is -2.29. The molecule has 0 aromatic heterocycles. The molecule has 0 spiro atoms. The van der Waals surface area contributed by atoms with Crippen molar-refractivity contribution in [1.29, 1.82) is 0 Å². The molecule has 1 N–H and O–H groups in total. The van der Waals surface area contributed by atoms with E-state index in [4.69, 9.17) is 0 Å². The fourth-order valence-corrected chi connectivity index (χ4v) is 2.38. The topological polar surface area (TPSA) is 29.1 Å². The van der Waals surface area contributed by atoms with Crippen LogP contribution in [0.1, 0.15) is 36.9 Å². The second-order valence-corrected chi connectivity index (χ2v) is 4.54. The van der Waals surface area contributed by atoms with Crippen LogP contribution in [0.5, 0.6) is 0 Å². The zero-order chi connectivity index (χ0) is 12.8. The maximum absolute atomic E-state index is 11.8. The molecule has 18 heavy (non-hydrogen) atoms. The van der Waals surface area contributed by atoms with Crippen LogP contribution >= 0.6 is 0 Å². The van der Waals surface area contributed by atoms with E-state index in [-0.39, 0.29) is 11.9 Å². The van der Waals surface area contributed by atoms with Gasteiger partial charge in [0, 0.05) is 6.08 Å². The van der Waals surface area contributed by atoms with Crippen LogP contribution < -0.4 is 5.32 Å². The average molecular weight is 241 g/mol. The SMILES string of the molecule is C/C=C/C=C/C(=O)NC1CCCc2ccccc21.